The molecule has 5 heteroatoms. The van der Waals surface area contributed by atoms with E-state index in [0.717, 1.165) is 28.5 Å². The van der Waals surface area contributed by atoms with Gasteiger partial charge in [0.2, 0.25) is 5.95 Å². The number of rotatable bonds is 6. The van der Waals surface area contributed by atoms with E-state index in [1.807, 2.05) is 37.3 Å². The van der Waals surface area contributed by atoms with E-state index in [0.29, 0.717) is 12.5 Å². The Bertz CT molecular complexity index is 908. The summed E-state index contributed by atoms with van der Waals surface area (Å²) in [5.74, 6) is 2.22. The summed E-state index contributed by atoms with van der Waals surface area (Å²) in [7, 11) is 1.68. The highest BCUT2D eigenvalue weighted by Gasteiger charge is 2.06. The first-order valence-electron chi connectivity index (χ1n) is 8.61. The van der Waals surface area contributed by atoms with Crippen LogP contribution in [0.1, 0.15) is 22.4 Å². The number of nitrogens with zero attached hydrogens (tertiary/aromatic N) is 2. The monoisotopic (exact) mass is 348 g/mol. The maximum atomic E-state index is 5.40. The summed E-state index contributed by atoms with van der Waals surface area (Å²) in [5.41, 5.74) is 5.39. The van der Waals surface area contributed by atoms with Crippen molar-refractivity contribution in [2.75, 3.05) is 17.7 Å². The molecule has 0 aliphatic rings. The smallest absolute Gasteiger partial charge is 0.229 e. The molecule has 134 valence electrons. The first-order chi connectivity index (χ1) is 12.5. The zero-order valence-corrected chi connectivity index (χ0v) is 15.6. The molecule has 1 aromatic heterocycles. The lowest BCUT2D eigenvalue weighted by molar-refractivity contribution is 0.410. The molecule has 2 aromatic carbocycles. The van der Waals surface area contributed by atoms with Crippen molar-refractivity contribution >= 4 is 17.5 Å². The van der Waals surface area contributed by atoms with E-state index in [2.05, 4.69) is 52.6 Å². The highest BCUT2D eigenvalue weighted by molar-refractivity contribution is 5.60. The molecule has 0 fully saturated rings. The lowest BCUT2D eigenvalue weighted by Gasteiger charge is -2.13. The van der Waals surface area contributed by atoms with Gasteiger partial charge in [-0.3, -0.25) is 0 Å². The number of para-hydroxylation sites is 1. The molecule has 26 heavy (non-hydrogen) atoms. The van der Waals surface area contributed by atoms with E-state index >= 15 is 0 Å². The fourth-order valence-corrected chi connectivity index (χ4v) is 2.82. The van der Waals surface area contributed by atoms with Crippen LogP contribution < -0.4 is 15.4 Å². The van der Waals surface area contributed by atoms with Gasteiger partial charge < -0.3 is 15.4 Å². The minimum Gasteiger partial charge on any atom is -0.496 e. The Labute approximate surface area is 154 Å². The maximum Gasteiger partial charge on any atom is 0.229 e. The number of hydrogen-bond acceptors (Lipinski definition) is 5. The lowest BCUT2D eigenvalue weighted by atomic mass is 10.1. The zero-order valence-electron chi connectivity index (χ0n) is 15.6. The number of ether oxygens (including phenoxy) is 1. The molecule has 0 spiro atoms. The molecule has 0 bridgehead atoms. The Hall–Kier alpha value is -3.08. The Morgan fingerprint density at radius 1 is 0.962 bits per heavy atom. The second-order valence-electron chi connectivity index (χ2n) is 6.33. The van der Waals surface area contributed by atoms with Crippen LogP contribution in [0.3, 0.4) is 0 Å². The van der Waals surface area contributed by atoms with Crippen molar-refractivity contribution in [3.8, 4) is 5.75 Å². The first-order valence-corrected chi connectivity index (χ1v) is 8.61. The number of aromatic nitrogens is 2. The molecule has 0 saturated heterocycles. The van der Waals surface area contributed by atoms with Crippen LogP contribution in [0, 0.1) is 20.8 Å². The van der Waals surface area contributed by atoms with Crippen molar-refractivity contribution in [3.63, 3.8) is 0 Å². The Kier molecular flexibility index (Phi) is 5.37. The number of anilines is 3. The molecule has 0 radical (unpaired) electrons. The summed E-state index contributed by atoms with van der Waals surface area (Å²) in [4.78, 5) is 9.08. The third-order valence-corrected chi connectivity index (χ3v) is 4.14. The van der Waals surface area contributed by atoms with Crippen molar-refractivity contribution in [2.24, 2.45) is 0 Å². The summed E-state index contributed by atoms with van der Waals surface area (Å²) in [5, 5.41) is 6.67. The summed E-state index contributed by atoms with van der Waals surface area (Å²) < 4.78 is 5.40. The number of hydrogen-bond donors (Lipinski definition) is 2. The average molecular weight is 348 g/mol. The molecular formula is C21H24N4O. The van der Waals surface area contributed by atoms with Gasteiger partial charge in [0.05, 0.1) is 7.11 Å². The summed E-state index contributed by atoms with van der Waals surface area (Å²) >= 11 is 0. The van der Waals surface area contributed by atoms with Crippen LogP contribution in [-0.2, 0) is 6.54 Å². The number of aryl methyl sites for hydroxylation is 3. The summed E-state index contributed by atoms with van der Waals surface area (Å²) in [6, 6.07) is 16.1. The second-order valence-corrected chi connectivity index (χ2v) is 6.33. The molecule has 3 aromatic rings. The molecular weight excluding hydrogens is 324 g/mol. The Morgan fingerprint density at radius 2 is 1.77 bits per heavy atom. The number of methoxy groups -OCH3 is 1. The van der Waals surface area contributed by atoms with Crippen LogP contribution in [-0.4, -0.2) is 17.1 Å². The van der Waals surface area contributed by atoms with Crippen LogP contribution >= 0.6 is 0 Å². The van der Waals surface area contributed by atoms with E-state index in [4.69, 9.17) is 4.74 Å². The highest BCUT2D eigenvalue weighted by Crippen LogP contribution is 2.22. The van der Waals surface area contributed by atoms with Crippen molar-refractivity contribution in [2.45, 2.75) is 27.3 Å². The standard InChI is InChI=1S/C21H24N4O/c1-14-9-10-18(15(2)11-14)24-21-23-16(3)12-20(25-21)22-13-17-7-5-6-8-19(17)26-4/h5-12H,13H2,1-4H3,(H2,22,23,24,25). The fraction of sp³-hybridized carbons (Fsp3) is 0.238. The van der Waals surface area contributed by atoms with Crippen LogP contribution in [0.25, 0.3) is 0 Å². The fourth-order valence-electron chi connectivity index (χ4n) is 2.82. The molecule has 0 unspecified atom stereocenters. The van der Waals surface area contributed by atoms with Gasteiger partial charge in [0, 0.05) is 29.6 Å². The predicted octanol–water partition coefficient (Wildman–Crippen LogP) is 4.77. The normalized spacial score (nSPS) is 10.5. The minimum absolute atomic E-state index is 0.583. The number of nitrogens with one attached hydrogen (secondary N) is 2. The van der Waals surface area contributed by atoms with Gasteiger partial charge in [-0.1, -0.05) is 35.9 Å². The van der Waals surface area contributed by atoms with E-state index in [1.54, 1.807) is 7.11 Å². The van der Waals surface area contributed by atoms with Gasteiger partial charge in [0.15, 0.2) is 0 Å². The lowest BCUT2D eigenvalue weighted by Crippen LogP contribution is -2.07. The maximum absolute atomic E-state index is 5.40. The van der Waals surface area contributed by atoms with Crippen molar-refractivity contribution in [3.05, 3.63) is 70.9 Å². The topological polar surface area (TPSA) is 59.1 Å². The molecule has 1 heterocycles. The van der Waals surface area contributed by atoms with Gasteiger partial charge in [0.1, 0.15) is 11.6 Å². The van der Waals surface area contributed by atoms with Crippen molar-refractivity contribution in [1.29, 1.82) is 0 Å². The Balaban J connectivity index is 1.77. The minimum atomic E-state index is 0.583. The summed E-state index contributed by atoms with van der Waals surface area (Å²) in [6.07, 6.45) is 0. The largest absolute Gasteiger partial charge is 0.496 e. The van der Waals surface area contributed by atoms with E-state index < -0.39 is 0 Å². The molecule has 0 atom stereocenters. The third-order valence-electron chi connectivity index (χ3n) is 4.14. The second kappa shape index (κ2) is 7.87. The quantitative estimate of drug-likeness (QED) is 0.672. The van der Waals surface area contributed by atoms with E-state index in [-0.39, 0.29) is 0 Å². The van der Waals surface area contributed by atoms with Crippen molar-refractivity contribution in [1.82, 2.24) is 9.97 Å². The molecule has 0 amide bonds. The molecule has 3 rings (SSSR count). The van der Waals surface area contributed by atoms with Gasteiger partial charge in [-0.25, -0.2) is 4.98 Å². The molecule has 0 aliphatic carbocycles. The Morgan fingerprint density at radius 3 is 2.54 bits per heavy atom. The van der Waals surface area contributed by atoms with Crippen LogP contribution in [0.15, 0.2) is 48.5 Å². The van der Waals surface area contributed by atoms with Gasteiger partial charge in [0.25, 0.3) is 0 Å². The van der Waals surface area contributed by atoms with Crippen LogP contribution in [0.4, 0.5) is 17.5 Å². The number of benzene rings is 2. The van der Waals surface area contributed by atoms with Gasteiger partial charge in [-0.2, -0.15) is 4.98 Å². The molecule has 2 N–H and O–H groups in total. The zero-order chi connectivity index (χ0) is 18.5. The molecule has 0 aliphatic heterocycles. The van der Waals surface area contributed by atoms with Crippen LogP contribution in [0.2, 0.25) is 0 Å². The predicted molar refractivity (Wildman–Crippen MR) is 106 cm³/mol. The molecule has 0 saturated carbocycles. The van der Waals surface area contributed by atoms with Gasteiger partial charge >= 0.3 is 0 Å². The summed E-state index contributed by atoms with van der Waals surface area (Å²) in [6.45, 7) is 6.75. The van der Waals surface area contributed by atoms with Gasteiger partial charge in [-0.15, -0.1) is 0 Å². The molecule has 5 nitrogen and oxygen atoms in total. The first kappa shape index (κ1) is 17.7. The van der Waals surface area contributed by atoms with E-state index in [1.165, 1.54) is 11.1 Å². The van der Waals surface area contributed by atoms with Crippen molar-refractivity contribution < 1.29 is 4.74 Å². The third kappa shape index (κ3) is 4.30. The SMILES string of the molecule is COc1ccccc1CNc1cc(C)nc(Nc2ccc(C)cc2C)n1. The van der Waals surface area contributed by atoms with Gasteiger partial charge in [-0.05, 0) is 38.5 Å². The van der Waals surface area contributed by atoms with Crippen LogP contribution in [0.5, 0.6) is 5.75 Å². The van der Waals surface area contributed by atoms with E-state index in [9.17, 15) is 0 Å². The average Bonchev–Trinajstić information content (AvgIpc) is 2.62. The highest BCUT2D eigenvalue weighted by atomic mass is 16.5.